The molecule has 0 atom stereocenters. The third-order valence-electron chi connectivity index (χ3n) is 5.84. The number of amides is 1. The second-order valence-electron chi connectivity index (χ2n) is 8.05. The molecule has 0 aliphatic carbocycles. The lowest BCUT2D eigenvalue weighted by molar-refractivity contribution is 0.0938. The minimum absolute atomic E-state index is 0.0428. The molecule has 5 nitrogen and oxygen atoms in total. The average Bonchev–Trinajstić information content (AvgIpc) is 3.18. The summed E-state index contributed by atoms with van der Waals surface area (Å²) < 4.78 is 7.94. The highest BCUT2D eigenvalue weighted by Crippen LogP contribution is 2.30. The number of fused-ring (bicyclic) bond motifs is 1. The average molecular weight is 418 g/mol. The number of rotatable bonds is 9. The van der Waals surface area contributed by atoms with Gasteiger partial charge >= 0.3 is 0 Å². The molecule has 1 aliphatic rings. The van der Waals surface area contributed by atoms with Crippen LogP contribution in [-0.4, -0.2) is 48.2 Å². The van der Waals surface area contributed by atoms with Crippen molar-refractivity contribution in [1.29, 1.82) is 0 Å². The molecule has 0 spiro atoms. The molecular formula is C26H31N3O2. The molecular weight excluding hydrogens is 386 g/mol. The molecule has 2 aromatic carbocycles. The first-order valence-corrected chi connectivity index (χ1v) is 11.2. The fourth-order valence-electron chi connectivity index (χ4n) is 4.26. The van der Waals surface area contributed by atoms with E-state index in [4.69, 9.17) is 4.74 Å². The Morgan fingerprint density at radius 1 is 1.06 bits per heavy atom. The Kier molecular flexibility index (Phi) is 7.05. The molecule has 1 saturated heterocycles. The van der Waals surface area contributed by atoms with Crippen molar-refractivity contribution in [2.75, 3.05) is 32.8 Å². The van der Waals surface area contributed by atoms with E-state index in [2.05, 4.69) is 33.5 Å². The van der Waals surface area contributed by atoms with Gasteiger partial charge in [0.05, 0.1) is 5.52 Å². The number of nitrogens with one attached hydrogen (secondary N) is 1. The predicted molar refractivity (Wildman–Crippen MR) is 126 cm³/mol. The molecule has 0 radical (unpaired) electrons. The Bertz CT molecular complexity index is 1020. The van der Waals surface area contributed by atoms with Gasteiger partial charge in [0.25, 0.3) is 5.91 Å². The van der Waals surface area contributed by atoms with Crippen LogP contribution in [0, 0.1) is 0 Å². The van der Waals surface area contributed by atoms with Gasteiger partial charge in [-0.05, 0) is 49.7 Å². The number of piperidine rings is 1. The minimum Gasteiger partial charge on any atom is -0.489 e. The highest BCUT2D eigenvalue weighted by molar-refractivity contribution is 6.00. The quantitative estimate of drug-likeness (QED) is 0.523. The molecule has 0 saturated carbocycles. The maximum Gasteiger partial charge on any atom is 0.268 e. The van der Waals surface area contributed by atoms with Crippen LogP contribution in [-0.2, 0) is 6.54 Å². The molecule has 31 heavy (non-hydrogen) atoms. The lowest BCUT2D eigenvalue weighted by atomic mass is 10.1. The van der Waals surface area contributed by atoms with Gasteiger partial charge in [-0.1, -0.05) is 55.5 Å². The maximum atomic E-state index is 13.2. The largest absolute Gasteiger partial charge is 0.489 e. The van der Waals surface area contributed by atoms with E-state index in [1.807, 2.05) is 42.5 Å². The fourth-order valence-corrected chi connectivity index (χ4v) is 4.26. The minimum atomic E-state index is -0.0428. The highest BCUT2D eigenvalue weighted by atomic mass is 16.5. The van der Waals surface area contributed by atoms with Crippen LogP contribution in [0.15, 0.2) is 67.3 Å². The molecule has 2 heterocycles. The zero-order valence-corrected chi connectivity index (χ0v) is 18.1. The number of nitrogens with zero attached hydrogens (tertiary/aromatic N) is 2. The van der Waals surface area contributed by atoms with Crippen LogP contribution in [0.25, 0.3) is 10.9 Å². The van der Waals surface area contributed by atoms with Gasteiger partial charge in [0, 0.05) is 25.0 Å². The second-order valence-corrected chi connectivity index (χ2v) is 8.05. The molecule has 3 aromatic rings. The third-order valence-corrected chi connectivity index (χ3v) is 5.84. The van der Waals surface area contributed by atoms with Gasteiger partial charge in [0.2, 0.25) is 0 Å². The molecule has 5 heteroatoms. The van der Waals surface area contributed by atoms with Crippen molar-refractivity contribution < 1.29 is 9.53 Å². The van der Waals surface area contributed by atoms with Crippen molar-refractivity contribution in [3.8, 4) is 5.75 Å². The van der Waals surface area contributed by atoms with Crippen molar-refractivity contribution in [1.82, 2.24) is 14.8 Å². The summed E-state index contributed by atoms with van der Waals surface area (Å²) in [4.78, 5) is 15.6. The number of benzene rings is 2. The van der Waals surface area contributed by atoms with Gasteiger partial charge in [-0.2, -0.15) is 0 Å². The van der Waals surface area contributed by atoms with Gasteiger partial charge in [-0.25, -0.2) is 0 Å². The van der Waals surface area contributed by atoms with Crippen molar-refractivity contribution in [3.63, 3.8) is 0 Å². The van der Waals surface area contributed by atoms with Crippen LogP contribution in [0.3, 0.4) is 0 Å². The standard InChI is InChI=1S/C26H31N3O2/c1-2-18-31-25-13-9-12-23-22(25)19-24(29(23)20-21-10-5-3-6-11-21)26(30)27-14-17-28-15-7-4-8-16-28/h2-3,5-6,9-13,19H,1,4,7-8,14-18,20H2,(H,27,30). The van der Waals surface area contributed by atoms with Gasteiger partial charge < -0.3 is 19.5 Å². The molecule has 1 amide bonds. The number of hydrogen-bond acceptors (Lipinski definition) is 3. The van der Waals surface area contributed by atoms with Gasteiger partial charge in [-0.15, -0.1) is 0 Å². The van der Waals surface area contributed by atoms with Crippen LogP contribution >= 0.6 is 0 Å². The van der Waals surface area contributed by atoms with Crippen molar-refractivity contribution in [2.45, 2.75) is 25.8 Å². The Morgan fingerprint density at radius 3 is 2.65 bits per heavy atom. The SMILES string of the molecule is C=CCOc1cccc2c1cc(C(=O)NCCN1CCCCC1)n2Cc1ccccc1. The van der Waals surface area contributed by atoms with Crippen LogP contribution < -0.4 is 10.1 Å². The summed E-state index contributed by atoms with van der Waals surface area (Å²) in [7, 11) is 0. The number of ether oxygens (including phenoxy) is 1. The predicted octanol–water partition coefficient (Wildman–Crippen LogP) is 4.47. The van der Waals surface area contributed by atoms with Crippen LogP contribution in [0.5, 0.6) is 5.75 Å². The monoisotopic (exact) mass is 417 g/mol. The molecule has 0 unspecified atom stereocenters. The fraction of sp³-hybridized carbons (Fsp3) is 0.346. The molecule has 0 bridgehead atoms. The zero-order chi connectivity index (χ0) is 21.5. The molecule has 1 fully saturated rings. The lowest BCUT2D eigenvalue weighted by Crippen LogP contribution is -2.38. The number of carbonyl (C=O) groups is 1. The van der Waals surface area contributed by atoms with E-state index in [9.17, 15) is 4.79 Å². The third kappa shape index (κ3) is 5.17. The molecule has 4 rings (SSSR count). The highest BCUT2D eigenvalue weighted by Gasteiger charge is 2.18. The summed E-state index contributed by atoms with van der Waals surface area (Å²) in [6, 6.07) is 18.1. The topological polar surface area (TPSA) is 46.5 Å². The Morgan fingerprint density at radius 2 is 1.87 bits per heavy atom. The van der Waals surface area contributed by atoms with E-state index in [1.165, 1.54) is 19.3 Å². The smallest absolute Gasteiger partial charge is 0.268 e. The van der Waals surface area contributed by atoms with Gasteiger partial charge in [0.1, 0.15) is 18.1 Å². The second kappa shape index (κ2) is 10.3. The normalized spacial score (nSPS) is 14.5. The maximum absolute atomic E-state index is 13.2. The Balaban J connectivity index is 1.59. The van der Waals surface area contributed by atoms with E-state index in [-0.39, 0.29) is 5.91 Å². The summed E-state index contributed by atoms with van der Waals surface area (Å²) in [5, 5.41) is 4.08. The van der Waals surface area contributed by atoms with E-state index < -0.39 is 0 Å². The van der Waals surface area contributed by atoms with Crippen LogP contribution in [0.1, 0.15) is 35.3 Å². The lowest BCUT2D eigenvalue weighted by Gasteiger charge is -2.26. The van der Waals surface area contributed by atoms with Crippen molar-refractivity contribution in [3.05, 3.63) is 78.5 Å². The van der Waals surface area contributed by atoms with Crippen LogP contribution in [0.4, 0.5) is 0 Å². The molecule has 162 valence electrons. The summed E-state index contributed by atoms with van der Waals surface area (Å²) >= 11 is 0. The first-order valence-electron chi connectivity index (χ1n) is 11.2. The number of hydrogen-bond donors (Lipinski definition) is 1. The molecule has 1 aliphatic heterocycles. The zero-order valence-electron chi connectivity index (χ0n) is 18.1. The van der Waals surface area contributed by atoms with Gasteiger partial charge in [0.15, 0.2) is 0 Å². The van der Waals surface area contributed by atoms with E-state index in [1.54, 1.807) is 6.08 Å². The molecule has 1 N–H and O–H groups in total. The molecule has 1 aromatic heterocycles. The van der Waals surface area contributed by atoms with E-state index >= 15 is 0 Å². The van der Waals surface area contributed by atoms with E-state index in [0.717, 1.165) is 41.9 Å². The first kappa shape index (κ1) is 21.2. The van der Waals surface area contributed by atoms with E-state index in [0.29, 0.717) is 25.4 Å². The number of carbonyl (C=O) groups excluding carboxylic acids is 1. The first-order chi connectivity index (χ1) is 15.3. The van der Waals surface area contributed by atoms with Crippen LogP contribution in [0.2, 0.25) is 0 Å². The summed E-state index contributed by atoms with van der Waals surface area (Å²) in [5.41, 5.74) is 2.80. The number of aromatic nitrogens is 1. The van der Waals surface area contributed by atoms with Crippen molar-refractivity contribution in [2.24, 2.45) is 0 Å². The number of likely N-dealkylation sites (tertiary alicyclic amines) is 1. The Hall–Kier alpha value is -3.05. The summed E-state index contributed by atoms with van der Waals surface area (Å²) in [5.74, 6) is 0.727. The Labute approximate surface area is 184 Å². The summed E-state index contributed by atoms with van der Waals surface area (Å²) in [6.45, 7) is 8.62. The van der Waals surface area contributed by atoms with Gasteiger partial charge in [-0.3, -0.25) is 4.79 Å². The summed E-state index contributed by atoms with van der Waals surface area (Å²) in [6.07, 6.45) is 5.56. The van der Waals surface area contributed by atoms with Crippen molar-refractivity contribution >= 4 is 16.8 Å².